The first-order valence-corrected chi connectivity index (χ1v) is 8.16. The molecule has 116 valence electrons. The van der Waals surface area contributed by atoms with E-state index in [-0.39, 0.29) is 12.5 Å². The molecule has 0 radical (unpaired) electrons. The second kappa shape index (κ2) is 9.17. The van der Waals surface area contributed by atoms with Crippen LogP contribution in [0.15, 0.2) is 47.8 Å². The highest BCUT2D eigenvalue weighted by Gasteiger charge is 2.14. The first-order valence-electron chi connectivity index (χ1n) is 7.18. The lowest BCUT2D eigenvalue weighted by atomic mass is 10.2. The normalized spacial score (nSPS) is 10.4. The van der Waals surface area contributed by atoms with Gasteiger partial charge in [0.05, 0.1) is 0 Å². The Bertz CT molecular complexity index is 593. The van der Waals surface area contributed by atoms with Gasteiger partial charge in [-0.05, 0) is 18.4 Å². The molecule has 0 unspecified atom stereocenters. The third-order valence-corrected chi connectivity index (χ3v) is 4.02. The fourth-order valence-corrected chi connectivity index (χ4v) is 2.75. The summed E-state index contributed by atoms with van der Waals surface area (Å²) in [6.07, 6.45) is 4.54. The molecule has 0 saturated heterocycles. The van der Waals surface area contributed by atoms with E-state index in [4.69, 9.17) is 5.11 Å². The number of rotatable bonds is 8. The van der Waals surface area contributed by atoms with Gasteiger partial charge >= 0.3 is 0 Å². The number of amides is 1. The molecular weight excluding hydrogens is 298 g/mol. The van der Waals surface area contributed by atoms with Crippen LogP contribution in [-0.4, -0.2) is 34.1 Å². The lowest BCUT2D eigenvalue weighted by Crippen LogP contribution is -2.26. The number of hydrogen-bond acceptors (Lipinski definition) is 5. The molecule has 2 aromatic rings. The van der Waals surface area contributed by atoms with Crippen molar-refractivity contribution in [1.82, 2.24) is 15.3 Å². The minimum absolute atomic E-state index is 0.138. The van der Waals surface area contributed by atoms with E-state index in [1.54, 1.807) is 6.20 Å². The predicted octanol–water partition coefficient (Wildman–Crippen LogP) is 2.27. The van der Waals surface area contributed by atoms with Gasteiger partial charge in [0.2, 0.25) is 0 Å². The van der Waals surface area contributed by atoms with Gasteiger partial charge in [-0.1, -0.05) is 42.1 Å². The summed E-state index contributed by atoms with van der Waals surface area (Å²) in [6.45, 7) is 0.665. The van der Waals surface area contributed by atoms with E-state index in [0.717, 1.165) is 12.2 Å². The van der Waals surface area contributed by atoms with Gasteiger partial charge in [0.15, 0.2) is 5.69 Å². The van der Waals surface area contributed by atoms with Crippen molar-refractivity contribution in [3.63, 3.8) is 0 Å². The van der Waals surface area contributed by atoms with Gasteiger partial charge in [-0.15, -0.1) is 0 Å². The van der Waals surface area contributed by atoms with Gasteiger partial charge in [0.25, 0.3) is 5.91 Å². The summed E-state index contributed by atoms with van der Waals surface area (Å²) in [5.74, 6) is 0.520. The van der Waals surface area contributed by atoms with Crippen LogP contribution in [0.4, 0.5) is 0 Å². The van der Waals surface area contributed by atoms with Crippen molar-refractivity contribution < 1.29 is 9.90 Å². The number of aliphatic hydroxyl groups is 1. The number of aliphatic hydroxyl groups excluding tert-OH is 1. The zero-order valence-corrected chi connectivity index (χ0v) is 13.1. The number of thioether (sulfide) groups is 1. The molecule has 22 heavy (non-hydrogen) atoms. The summed E-state index contributed by atoms with van der Waals surface area (Å²) >= 11 is 1.50. The number of unbranched alkanes of at least 4 members (excludes halogenated alkanes) is 1. The third-order valence-electron chi connectivity index (χ3n) is 2.97. The van der Waals surface area contributed by atoms with Crippen LogP contribution >= 0.6 is 11.8 Å². The van der Waals surface area contributed by atoms with Crippen LogP contribution in [0.5, 0.6) is 0 Å². The molecule has 0 aliphatic rings. The van der Waals surface area contributed by atoms with Crippen LogP contribution in [0.2, 0.25) is 0 Å². The average Bonchev–Trinajstić information content (AvgIpc) is 2.58. The molecule has 0 aliphatic heterocycles. The van der Waals surface area contributed by atoms with E-state index in [1.165, 1.54) is 23.5 Å². The largest absolute Gasteiger partial charge is 0.396 e. The Labute approximate surface area is 134 Å². The Kier molecular flexibility index (Phi) is 6.86. The molecule has 1 amide bonds. The maximum atomic E-state index is 12.2. The number of benzene rings is 1. The summed E-state index contributed by atoms with van der Waals surface area (Å²) in [7, 11) is 0. The molecule has 0 spiro atoms. The smallest absolute Gasteiger partial charge is 0.272 e. The standard InChI is InChI=1S/C16H19N3O2S/c20-11-5-4-8-18-15(21)14-16(19-10-9-17-14)22-12-13-6-2-1-3-7-13/h1-3,6-7,9-10,20H,4-5,8,11-12H2,(H,18,21). The highest BCUT2D eigenvalue weighted by molar-refractivity contribution is 7.98. The van der Waals surface area contributed by atoms with Crippen LogP contribution in [-0.2, 0) is 5.75 Å². The monoisotopic (exact) mass is 317 g/mol. The Morgan fingerprint density at radius 3 is 2.68 bits per heavy atom. The SMILES string of the molecule is O=C(NCCCCO)c1nccnc1SCc1ccccc1. The first kappa shape index (κ1) is 16.5. The van der Waals surface area contributed by atoms with Crippen LogP contribution in [0.3, 0.4) is 0 Å². The average molecular weight is 317 g/mol. The molecule has 1 heterocycles. The molecule has 6 heteroatoms. The number of hydrogen-bond donors (Lipinski definition) is 2. The third kappa shape index (κ3) is 5.13. The van der Waals surface area contributed by atoms with Crippen molar-refractivity contribution in [2.24, 2.45) is 0 Å². The zero-order valence-electron chi connectivity index (χ0n) is 12.2. The molecule has 5 nitrogen and oxygen atoms in total. The van der Waals surface area contributed by atoms with Crippen molar-refractivity contribution in [1.29, 1.82) is 0 Å². The van der Waals surface area contributed by atoms with E-state index in [0.29, 0.717) is 23.7 Å². The summed E-state index contributed by atoms with van der Waals surface area (Å²) in [6, 6.07) is 10.0. The number of aromatic nitrogens is 2. The number of carbonyl (C=O) groups is 1. The van der Waals surface area contributed by atoms with E-state index >= 15 is 0 Å². The van der Waals surface area contributed by atoms with Crippen LogP contribution in [0.25, 0.3) is 0 Å². The van der Waals surface area contributed by atoms with Crippen molar-refractivity contribution in [2.45, 2.75) is 23.6 Å². The van der Waals surface area contributed by atoms with Gasteiger partial charge in [-0.25, -0.2) is 9.97 Å². The Hall–Kier alpha value is -1.92. The molecule has 0 atom stereocenters. The van der Waals surface area contributed by atoms with Crippen molar-refractivity contribution in [3.8, 4) is 0 Å². The molecule has 1 aromatic carbocycles. The highest BCUT2D eigenvalue weighted by Crippen LogP contribution is 2.22. The lowest BCUT2D eigenvalue weighted by molar-refractivity contribution is 0.0943. The lowest BCUT2D eigenvalue weighted by Gasteiger charge is -2.08. The first-order chi connectivity index (χ1) is 10.8. The maximum absolute atomic E-state index is 12.2. The summed E-state index contributed by atoms with van der Waals surface area (Å²) in [5.41, 5.74) is 1.53. The van der Waals surface area contributed by atoms with Crippen molar-refractivity contribution >= 4 is 17.7 Å². The Morgan fingerprint density at radius 1 is 1.14 bits per heavy atom. The molecule has 0 bridgehead atoms. The molecule has 0 saturated carbocycles. The fraction of sp³-hybridized carbons (Fsp3) is 0.312. The summed E-state index contributed by atoms with van der Waals surface area (Å²) in [5, 5.41) is 12.2. The van der Waals surface area contributed by atoms with E-state index in [9.17, 15) is 4.79 Å². The van der Waals surface area contributed by atoms with Gasteiger partial charge in [0.1, 0.15) is 5.03 Å². The number of nitrogens with zero attached hydrogens (tertiary/aromatic N) is 2. The van der Waals surface area contributed by atoms with Crippen LogP contribution in [0, 0.1) is 0 Å². The minimum Gasteiger partial charge on any atom is -0.396 e. The van der Waals surface area contributed by atoms with E-state index in [1.807, 2.05) is 30.3 Å². The molecular formula is C16H19N3O2S. The van der Waals surface area contributed by atoms with Crippen molar-refractivity contribution in [3.05, 3.63) is 54.0 Å². The number of carbonyl (C=O) groups excluding carboxylic acids is 1. The predicted molar refractivity (Wildman–Crippen MR) is 86.7 cm³/mol. The summed E-state index contributed by atoms with van der Waals surface area (Å²) in [4.78, 5) is 20.6. The fourth-order valence-electron chi connectivity index (χ4n) is 1.84. The number of nitrogens with one attached hydrogen (secondary N) is 1. The van der Waals surface area contributed by atoms with Gasteiger partial charge in [-0.3, -0.25) is 4.79 Å². The zero-order chi connectivity index (χ0) is 15.6. The quantitative estimate of drug-likeness (QED) is 0.577. The Balaban J connectivity index is 1.95. The molecule has 0 aliphatic carbocycles. The second-order valence-corrected chi connectivity index (χ2v) is 5.64. The van der Waals surface area contributed by atoms with E-state index in [2.05, 4.69) is 15.3 Å². The van der Waals surface area contributed by atoms with Gasteiger partial charge in [0, 0.05) is 31.3 Å². The van der Waals surface area contributed by atoms with Crippen molar-refractivity contribution in [2.75, 3.05) is 13.2 Å². The Morgan fingerprint density at radius 2 is 1.91 bits per heavy atom. The molecule has 0 fully saturated rings. The van der Waals surface area contributed by atoms with E-state index < -0.39 is 0 Å². The van der Waals surface area contributed by atoms with Crippen LogP contribution < -0.4 is 5.32 Å². The van der Waals surface area contributed by atoms with Gasteiger partial charge < -0.3 is 10.4 Å². The molecule has 1 aromatic heterocycles. The van der Waals surface area contributed by atoms with Gasteiger partial charge in [-0.2, -0.15) is 0 Å². The minimum atomic E-state index is -0.221. The topological polar surface area (TPSA) is 75.1 Å². The van der Waals surface area contributed by atoms with Crippen LogP contribution in [0.1, 0.15) is 28.9 Å². The second-order valence-electron chi connectivity index (χ2n) is 4.67. The molecule has 2 rings (SSSR count). The molecule has 2 N–H and O–H groups in total. The highest BCUT2D eigenvalue weighted by atomic mass is 32.2. The maximum Gasteiger partial charge on any atom is 0.272 e. The summed E-state index contributed by atoms with van der Waals surface area (Å²) < 4.78 is 0.